The predicted octanol–water partition coefficient (Wildman–Crippen LogP) is 0.506. The topological polar surface area (TPSA) is 80.7 Å². The maximum atomic E-state index is 11.9. The number of ether oxygens (including phenoxy) is 1. The molecule has 6 nitrogen and oxygen atoms in total. The molecule has 1 aromatic rings. The molecule has 0 saturated carbocycles. The summed E-state index contributed by atoms with van der Waals surface area (Å²) in [4.78, 5) is 14.3. The summed E-state index contributed by atoms with van der Waals surface area (Å²) >= 11 is 0. The molecule has 2 unspecified atom stereocenters. The zero-order chi connectivity index (χ0) is 14.4. The second kappa shape index (κ2) is 7.42. The van der Waals surface area contributed by atoms with Crippen LogP contribution in [0.5, 0.6) is 0 Å². The van der Waals surface area contributed by atoms with Crippen LogP contribution in [0.1, 0.15) is 24.6 Å². The van der Waals surface area contributed by atoms with Crippen molar-refractivity contribution in [3.05, 3.63) is 24.2 Å². The standard InChI is InChI=1S/C14H23N3O3/c1-19-13(9-15)14(18)16-10-11(12-5-4-8-20-12)17-6-2-3-7-17/h4-5,8,11,13H,2-3,6-7,9-10,15H2,1H3,(H,16,18). The first-order valence-electron chi connectivity index (χ1n) is 7.04. The molecule has 1 aromatic heterocycles. The van der Waals surface area contributed by atoms with Crippen molar-refractivity contribution in [2.75, 3.05) is 33.3 Å². The minimum absolute atomic E-state index is 0.0757. The molecule has 1 saturated heterocycles. The van der Waals surface area contributed by atoms with Crippen molar-refractivity contribution < 1.29 is 13.9 Å². The quantitative estimate of drug-likeness (QED) is 0.761. The lowest BCUT2D eigenvalue weighted by Gasteiger charge is -2.26. The van der Waals surface area contributed by atoms with Gasteiger partial charge in [0.05, 0.1) is 12.3 Å². The Hall–Kier alpha value is -1.37. The lowest BCUT2D eigenvalue weighted by atomic mass is 10.2. The first-order valence-corrected chi connectivity index (χ1v) is 7.04. The highest BCUT2D eigenvalue weighted by atomic mass is 16.5. The summed E-state index contributed by atoms with van der Waals surface area (Å²) in [6, 6.07) is 3.90. The van der Waals surface area contributed by atoms with Crippen molar-refractivity contribution in [1.29, 1.82) is 0 Å². The van der Waals surface area contributed by atoms with Crippen LogP contribution in [0.3, 0.4) is 0 Å². The number of nitrogens with two attached hydrogens (primary N) is 1. The van der Waals surface area contributed by atoms with Gasteiger partial charge in [-0.15, -0.1) is 0 Å². The molecule has 112 valence electrons. The average molecular weight is 281 g/mol. The number of hydrogen-bond donors (Lipinski definition) is 2. The van der Waals surface area contributed by atoms with Crippen LogP contribution >= 0.6 is 0 Å². The van der Waals surface area contributed by atoms with Crippen molar-refractivity contribution in [3.63, 3.8) is 0 Å². The molecule has 0 radical (unpaired) electrons. The average Bonchev–Trinajstić information content (AvgIpc) is 3.13. The highest BCUT2D eigenvalue weighted by molar-refractivity contribution is 5.81. The van der Waals surface area contributed by atoms with E-state index in [1.807, 2.05) is 12.1 Å². The number of likely N-dealkylation sites (tertiary alicyclic amines) is 1. The molecule has 2 heterocycles. The van der Waals surface area contributed by atoms with Crippen molar-refractivity contribution >= 4 is 5.91 Å². The molecule has 6 heteroatoms. The Morgan fingerprint density at radius 2 is 2.30 bits per heavy atom. The van der Waals surface area contributed by atoms with Gasteiger partial charge in [0.2, 0.25) is 0 Å². The second-order valence-corrected chi connectivity index (χ2v) is 4.98. The summed E-state index contributed by atoms with van der Waals surface area (Å²) in [5.74, 6) is 0.708. The van der Waals surface area contributed by atoms with Gasteiger partial charge in [-0.25, -0.2) is 0 Å². The van der Waals surface area contributed by atoms with Crippen LogP contribution in [0, 0.1) is 0 Å². The number of carbonyl (C=O) groups excluding carboxylic acids is 1. The summed E-state index contributed by atoms with van der Waals surface area (Å²) in [6.07, 6.45) is 3.45. The molecule has 0 spiro atoms. The Kier molecular flexibility index (Phi) is 5.58. The Bertz CT molecular complexity index is 398. The van der Waals surface area contributed by atoms with Crippen molar-refractivity contribution in [2.45, 2.75) is 25.0 Å². The smallest absolute Gasteiger partial charge is 0.250 e. The minimum atomic E-state index is -0.592. The number of methoxy groups -OCH3 is 1. The first-order chi connectivity index (χ1) is 9.76. The first kappa shape index (κ1) is 15.0. The van der Waals surface area contributed by atoms with E-state index < -0.39 is 6.10 Å². The predicted molar refractivity (Wildman–Crippen MR) is 75.1 cm³/mol. The zero-order valence-corrected chi connectivity index (χ0v) is 11.9. The number of carbonyl (C=O) groups is 1. The lowest BCUT2D eigenvalue weighted by molar-refractivity contribution is -0.130. The molecule has 1 aliphatic heterocycles. The highest BCUT2D eigenvalue weighted by Gasteiger charge is 2.26. The van der Waals surface area contributed by atoms with Gasteiger partial charge in [-0.05, 0) is 38.1 Å². The fraction of sp³-hybridized carbons (Fsp3) is 0.643. The van der Waals surface area contributed by atoms with Crippen LogP contribution in [0.2, 0.25) is 0 Å². The summed E-state index contributed by atoms with van der Waals surface area (Å²) in [5, 5.41) is 2.90. The van der Waals surface area contributed by atoms with Crippen LogP contribution < -0.4 is 11.1 Å². The maximum Gasteiger partial charge on any atom is 0.250 e. The monoisotopic (exact) mass is 281 g/mol. The van der Waals surface area contributed by atoms with E-state index in [0.717, 1.165) is 18.8 Å². The van der Waals surface area contributed by atoms with Crippen molar-refractivity contribution in [2.24, 2.45) is 5.73 Å². The fourth-order valence-electron chi connectivity index (χ4n) is 2.57. The number of amides is 1. The van der Waals surface area contributed by atoms with Gasteiger partial charge in [0, 0.05) is 20.2 Å². The van der Waals surface area contributed by atoms with E-state index in [-0.39, 0.29) is 18.5 Å². The molecular formula is C14H23N3O3. The number of nitrogens with zero attached hydrogens (tertiary/aromatic N) is 1. The van der Waals surface area contributed by atoms with Gasteiger partial charge in [-0.3, -0.25) is 9.69 Å². The summed E-state index contributed by atoms with van der Waals surface area (Å²) in [6.45, 7) is 2.75. The number of furan rings is 1. The number of rotatable bonds is 7. The van der Waals surface area contributed by atoms with Gasteiger partial charge < -0.3 is 20.2 Å². The molecule has 1 amide bonds. The molecule has 20 heavy (non-hydrogen) atoms. The summed E-state index contributed by atoms with van der Waals surface area (Å²) < 4.78 is 10.5. The third-order valence-corrected chi connectivity index (χ3v) is 3.71. The van der Waals surface area contributed by atoms with E-state index in [2.05, 4.69) is 10.2 Å². The van der Waals surface area contributed by atoms with E-state index in [1.54, 1.807) is 6.26 Å². The van der Waals surface area contributed by atoms with Crippen LogP contribution in [-0.2, 0) is 9.53 Å². The van der Waals surface area contributed by atoms with Crippen molar-refractivity contribution in [3.8, 4) is 0 Å². The van der Waals surface area contributed by atoms with Crippen LogP contribution in [0.4, 0.5) is 0 Å². The van der Waals surface area contributed by atoms with Crippen LogP contribution in [-0.4, -0.2) is 50.2 Å². The molecule has 0 bridgehead atoms. The zero-order valence-electron chi connectivity index (χ0n) is 11.9. The molecular weight excluding hydrogens is 258 g/mol. The van der Waals surface area contributed by atoms with Gasteiger partial charge in [0.25, 0.3) is 5.91 Å². The third-order valence-electron chi connectivity index (χ3n) is 3.71. The SMILES string of the molecule is COC(CN)C(=O)NCC(c1ccco1)N1CCCC1. The maximum absolute atomic E-state index is 11.9. The van der Waals surface area contributed by atoms with Gasteiger partial charge in [-0.1, -0.05) is 0 Å². The summed E-state index contributed by atoms with van der Waals surface area (Å²) in [7, 11) is 1.49. The Morgan fingerprint density at radius 3 is 2.85 bits per heavy atom. The third kappa shape index (κ3) is 3.59. The highest BCUT2D eigenvalue weighted by Crippen LogP contribution is 2.24. The van der Waals surface area contributed by atoms with Crippen molar-refractivity contribution in [1.82, 2.24) is 10.2 Å². The van der Waals surface area contributed by atoms with Gasteiger partial charge in [0.15, 0.2) is 0 Å². The fourth-order valence-corrected chi connectivity index (χ4v) is 2.57. The van der Waals surface area contributed by atoms with Crippen LogP contribution in [0.25, 0.3) is 0 Å². The number of nitrogens with one attached hydrogen (secondary N) is 1. The molecule has 0 aliphatic carbocycles. The normalized spacial score (nSPS) is 18.9. The lowest BCUT2D eigenvalue weighted by Crippen LogP contribution is -2.44. The van der Waals surface area contributed by atoms with Gasteiger partial charge >= 0.3 is 0 Å². The summed E-state index contributed by atoms with van der Waals surface area (Å²) in [5.41, 5.74) is 5.49. The molecule has 3 N–H and O–H groups in total. The van der Waals surface area contributed by atoms with E-state index >= 15 is 0 Å². The van der Waals surface area contributed by atoms with E-state index in [9.17, 15) is 4.79 Å². The minimum Gasteiger partial charge on any atom is -0.468 e. The van der Waals surface area contributed by atoms with Crippen LogP contribution in [0.15, 0.2) is 22.8 Å². The molecule has 1 fully saturated rings. The molecule has 2 atom stereocenters. The van der Waals surface area contributed by atoms with Gasteiger partial charge in [-0.2, -0.15) is 0 Å². The number of hydrogen-bond acceptors (Lipinski definition) is 5. The molecule has 1 aliphatic rings. The van der Waals surface area contributed by atoms with Gasteiger partial charge in [0.1, 0.15) is 11.9 Å². The Labute approximate surface area is 119 Å². The second-order valence-electron chi connectivity index (χ2n) is 4.98. The van der Waals surface area contributed by atoms with E-state index in [4.69, 9.17) is 14.9 Å². The molecule has 0 aromatic carbocycles. The van der Waals surface area contributed by atoms with E-state index in [1.165, 1.54) is 20.0 Å². The molecule has 2 rings (SSSR count). The Balaban J connectivity index is 1.96. The largest absolute Gasteiger partial charge is 0.468 e. The Morgan fingerprint density at radius 1 is 1.55 bits per heavy atom. The van der Waals surface area contributed by atoms with E-state index in [0.29, 0.717) is 6.54 Å².